The van der Waals surface area contributed by atoms with E-state index in [1.165, 1.54) is 0 Å². The number of fused-ring (bicyclic) bond motifs is 1. The van der Waals surface area contributed by atoms with Gasteiger partial charge in [0, 0.05) is 24.7 Å². The molecule has 0 radical (unpaired) electrons. The second-order valence-corrected chi connectivity index (χ2v) is 5.73. The summed E-state index contributed by atoms with van der Waals surface area (Å²) in [6, 6.07) is 7.75. The number of ether oxygens (including phenoxy) is 1. The monoisotopic (exact) mass is 300 g/mol. The Morgan fingerprint density at radius 3 is 2.91 bits per heavy atom. The summed E-state index contributed by atoms with van der Waals surface area (Å²) in [6.45, 7) is 3.23. The van der Waals surface area contributed by atoms with Crippen molar-refractivity contribution in [1.29, 1.82) is 0 Å². The maximum Gasteiger partial charge on any atom is 0.260 e. The number of carbonyl (C=O) groups is 1. The molecule has 1 aromatic heterocycles. The molecule has 3 rings (SSSR count). The lowest BCUT2D eigenvalue weighted by Crippen LogP contribution is -2.42. The Bertz CT molecular complexity index is 679. The Labute approximate surface area is 129 Å². The summed E-state index contributed by atoms with van der Waals surface area (Å²) >= 11 is 0. The van der Waals surface area contributed by atoms with Gasteiger partial charge in [-0.15, -0.1) is 0 Å². The highest BCUT2D eigenvalue weighted by atomic mass is 16.5. The van der Waals surface area contributed by atoms with Gasteiger partial charge < -0.3 is 14.7 Å². The molecule has 1 fully saturated rings. The molecule has 1 aromatic carbocycles. The van der Waals surface area contributed by atoms with Crippen LogP contribution >= 0.6 is 0 Å². The lowest BCUT2D eigenvalue weighted by molar-refractivity contribution is -0.135. The second kappa shape index (κ2) is 6.32. The first-order chi connectivity index (χ1) is 10.6. The van der Waals surface area contributed by atoms with Crippen molar-refractivity contribution < 1.29 is 14.6 Å². The van der Waals surface area contributed by atoms with Gasteiger partial charge in [-0.1, -0.05) is 6.07 Å². The van der Waals surface area contributed by atoms with Gasteiger partial charge in [0.2, 0.25) is 0 Å². The Morgan fingerprint density at radius 2 is 2.14 bits per heavy atom. The maximum absolute atomic E-state index is 12.2. The van der Waals surface area contributed by atoms with E-state index in [4.69, 9.17) is 4.74 Å². The molecule has 1 aliphatic rings. The fourth-order valence-corrected chi connectivity index (χ4v) is 2.70. The summed E-state index contributed by atoms with van der Waals surface area (Å²) < 4.78 is 5.71. The number of pyridine rings is 1. The number of hydrogen-bond donors (Lipinski definition) is 1. The van der Waals surface area contributed by atoms with Crippen LogP contribution in [0.15, 0.2) is 30.5 Å². The highest BCUT2D eigenvalue weighted by Crippen LogP contribution is 2.24. The summed E-state index contributed by atoms with van der Waals surface area (Å²) in [5, 5.41) is 10.4. The van der Waals surface area contributed by atoms with Crippen molar-refractivity contribution in [3.63, 3.8) is 0 Å². The van der Waals surface area contributed by atoms with Gasteiger partial charge in [0.05, 0.1) is 11.6 Å². The largest absolute Gasteiger partial charge is 0.483 e. The normalized spacial score (nSPS) is 16.0. The first-order valence-electron chi connectivity index (χ1n) is 7.57. The van der Waals surface area contributed by atoms with Crippen LogP contribution in [-0.2, 0) is 4.79 Å². The molecule has 0 bridgehead atoms. The van der Waals surface area contributed by atoms with Crippen molar-refractivity contribution in [3.8, 4) is 5.75 Å². The van der Waals surface area contributed by atoms with E-state index in [0.29, 0.717) is 31.7 Å². The zero-order valence-electron chi connectivity index (χ0n) is 12.7. The van der Waals surface area contributed by atoms with Crippen LogP contribution in [0.5, 0.6) is 5.75 Å². The number of aryl methyl sites for hydroxylation is 1. The van der Waals surface area contributed by atoms with Gasteiger partial charge in [-0.2, -0.15) is 0 Å². The summed E-state index contributed by atoms with van der Waals surface area (Å²) in [4.78, 5) is 18.2. The minimum Gasteiger partial charge on any atom is -0.483 e. The van der Waals surface area contributed by atoms with Crippen molar-refractivity contribution in [3.05, 3.63) is 36.0 Å². The van der Waals surface area contributed by atoms with Crippen molar-refractivity contribution in [2.75, 3.05) is 19.7 Å². The van der Waals surface area contributed by atoms with E-state index in [-0.39, 0.29) is 18.6 Å². The number of benzene rings is 1. The number of piperidine rings is 1. The fourth-order valence-electron chi connectivity index (χ4n) is 2.70. The molecule has 1 aliphatic heterocycles. The molecule has 2 aromatic rings. The van der Waals surface area contributed by atoms with E-state index in [1.54, 1.807) is 17.2 Å². The Morgan fingerprint density at radius 1 is 1.36 bits per heavy atom. The Hall–Kier alpha value is -2.14. The minimum absolute atomic E-state index is 0.0169. The summed E-state index contributed by atoms with van der Waals surface area (Å²) in [5.74, 6) is 0.638. The van der Waals surface area contributed by atoms with Crippen LogP contribution in [-0.4, -0.2) is 46.7 Å². The Balaban J connectivity index is 1.67. The van der Waals surface area contributed by atoms with Crippen LogP contribution in [0.1, 0.15) is 18.4 Å². The van der Waals surface area contributed by atoms with Crippen molar-refractivity contribution in [2.45, 2.75) is 25.9 Å². The predicted octanol–water partition coefficient (Wildman–Crippen LogP) is 1.91. The molecule has 0 aliphatic carbocycles. The van der Waals surface area contributed by atoms with Crippen LogP contribution in [0.3, 0.4) is 0 Å². The number of nitrogens with zero attached hydrogens (tertiary/aromatic N) is 2. The third-order valence-electron chi connectivity index (χ3n) is 4.03. The van der Waals surface area contributed by atoms with Crippen molar-refractivity contribution >= 4 is 16.8 Å². The molecule has 116 valence electrons. The molecule has 5 nitrogen and oxygen atoms in total. The van der Waals surface area contributed by atoms with Crippen molar-refractivity contribution in [1.82, 2.24) is 9.88 Å². The van der Waals surface area contributed by atoms with Gasteiger partial charge in [-0.25, -0.2) is 0 Å². The summed E-state index contributed by atoms with van der Waals surface area (Å²) in [7, 11) is 0. The smallest absolute Gasteiger partial charge is 0.260 e. The first kappa shape index (κ1) is 14.8. The van der Waals surface area contributed by atoms with Gasteiger partial charge in [0.1, 0.15) is 5.75 Å². The third kappa shape index (κ3) is 3.20. The fraction of sp³-hybridized carbons (Fsp3) is 0.412. The van der Waals surface area contributed by atoms with Crippen LogP contribution in [0, 0.1) is 6.92 Å². The van der Waals surface area contributed by atoms with Crippen LogP contribution < -0.4 is 4.74 Å². The van der Waals surface area contributed by atoms with Gasteiger partial charge in [-0.3, -0.25) is 9.78 Å². The number of aromatic nitrogens is 1. The summed E-state index contributed by atoms with van der Waals surface area (Å²) in [6.07, 6.45) is 2.70. The average molecular weight is 300 g/mol. The molecule has 1 amide bonds. The van der Waals surface area contributed by atoms with E-state index in [2.05, 4.69) is 4.98 Å². The third-order valence-corrected chi connectivity index (χ3v) is 4.03. The average Bonchev–Trinajstić information content (AvgIpc) is 2.52. The van der Waals surface area contributed by atoms with Gasteiger partial charge in [-0.05, 0) is 43.5 Å². The predicted molar refractivity (Wildman–Crippen MR) is 83.8 cm³/mol. The standard InChI is InChI=1S/C17H20N2O3/c1-12-2-3-14-15(10-12)18-7-4-16(14)22-11-17(21)19-8-5-13(20)6-9-19/h2-4,7,10,13,20H,5-6,8-9,11H2,1H3. The molecule has 0 spiro atoms. The van der Waals surface area contributed by atoms with Gasteiger partial charge in [0.15, 0.2) is 6.61 Å². The summed E-state index contributed by atoms with van der Waals surface area (Å²) in [5.41, 5.74) is 2.01. The van der Waals surface area contributed by atoms with Gasteiger partial charge >= 0.3 is 0 Å². The van der Waals surface area contributed by atoms with E-state index < -0.39 is 0 Å². The maximum atomic E-state index is 12.2. The quantitative estimate of drug-likeness (QED) is 0.940. The second-order valence-electron chi connectivity index (χ2n) is 5.73. The topological polar surface area (TPSA) is 62.7 Å². The highest BCUT2D eigenvalue weighted by Gasteiger charge is 2.21. The number of hydrogen-bond acceptors (Lipinski definition) is 4. The zero-order chi connectivity index (χ0) is 15.5. The number of amides is 1. The van der Waals surface area contributed by atoms with E-state index in [9.17, 15) is 9.90 Å². The molecular weight excluding hydrogens is 280 g/mol. The minimum atomic E-state index is -0.280. The molecule has 5 heteroatoms. The van der Waals surface area contributed by atoms with Crippen LogP contribution in [0.2, 0.25) is 0 Å². The Kier molecular flexibility index (Phi) is 4.24. The van der Waals surface area contributed by atoms with Gasteiger partial charge in [0.25, 0.3) is 5.91 Å². The molecule has 0 saturated carbocycles. The van der Waals surface area contributed by atoms with Crippen LogP contribution in [0.4, 0.5) is 0 Å². The highest BCUT2D eigenvalue weighted by molar-refractivity contribution is 5.86. The van der Waals surface area contributed by atoms with Crippen molar-refractivity contribution in [2.24, 2.45) is 0 Å². The first-order valence-corrected chi connectivity index (χ1v) is 7.57. The molecule has 22 heavy (non-hydrogen) atoms. The van der Waals surface area contributed by atoms with E-state index >= 15 is 0 Å². The molecule has 1 N–H and O–H groups in total. The number of carbonyl (C=O) groups excluding carboxylic acids is 1. The van der Waals surface area contributed by atoms with E-state index in [1.807, 2.05) is 25.1 Å². The molecular formula is C17H20N2O3. The molecule has 1 saturated heterocycles. The SMILES string of the molecule is Cc1ccc2c(OCC(=O)N3CCC(O)CC3)ccnc2c1. The molecule has 2 heterocycles. The zero-order valence-corrected chi connectivity index (χ0v) is 12.7. The number of rotatable bonds is 3. The van der Waals surface area contributed by atoms with E-state index in [0.717, 1.165) is 16.5 Å². The van der Waals surface area contributed by atoms with Crippen LogP contribution in [0.25, 0.3) is 10.9 Å². The molecule has 0 atom stereocenters. The number of aliphatic hydroxyl groups excluding tert-OH is 1. The lowest BCUT2D eigenvalue weighted by Gasteiger charge is -2.29. The number of aliphatic hydroxyl groups is 1. The molecule has 0 unspecified atom stereocenters. The number of likely N-dealkylation sites (tertiary alicyclic amines) is 1. The lowest BCUT2D eigenvalue weighted by atomic mass is 10.1.